The fraction of sp³-hybridized carbons (Fsp3) is 0.300. The lowest BCUT2D eigenvalue weighted by molar-refractivity contribution is -0.118. The summed E-state index contributed by atoms with van der Waals surface area (Å²) in [6, 6.07) is 5.86. The Hall–Kier alpha value is -1.05. The van der Waals surface area contributed by atoms with Gasteiger partial charge in [0.05, 0.1) is 0 Å². The highest BCUT2D eigenvalue weighted by Crippen LogP contribution is 2.16. The zero-order chi connectivity index (χ0) is 8.55. The monoisotopic (exact) mass is 156 g/mol. The molecule has 0 saturated carbocycles. The summed E-state index contributed by atoms with van der Waals surface area (Å²) in [5.41, 5.74) is 3.06. The molecule has 1 aromatic carbocycles. The van der Waals surface area contributed by atoms with Gasteiger partial charge in [-0.05, 0) is 17.5 Å². The predicted molar refractivity (Wildman–Crippen MR) is 48.9 cm³/mol. The second-order valence-electron chi connectivity index (χ2n) is 3.20. The largest absolute Gasteiger partial charge is 0.299 e. The maximum Gasteiger partial charge on any atom is 0.137 e. The van der Waals surface area contributed by atoms with Crippen LogP contribution in [0.25, 0.3) is 0 Å². The fourth-order valence-electron chi connectivity index (χ4n) is 1.66. The highest BCUT2D eigenvalue weighted by Gasteiger charge is 2.15. The van der Waals surface area contributed by atoms with Gasteiger partial charge in [0.25, 0.3) is 0 Å². The average molecular weight is 156 g/mol. The van der Waals surface area contributed by atoms with Crippen LogP contribution in [0.1, 0.15) is 17.5 Å². The van der Waals surface area contributed by atoms with Gasteiger partial charge in [-0.15, -0.1) is 0 Å². The van der Waals surface area contributed by atoms with Crippen molar-refractivity contribution in [2.75, 3.05) is 0 Å². The Labute approximate surface area is 73.2 Å². The van der Waals surface area contributed by atoms with Crippen molar-refractivity contribution < 1.29 is 4.79 Å². The smallest absolute Gasteiger partial charge is 0.137 e. The van der Waals surface area contributed by atoms with E-state index in [1.165, 1.54) is 5.56 Å². The Balaban J connectivity index is 2.50. The number of fused-ring (bicyclic) bond motifs is 1. The molecule has 0 saturated heterocycles. The van der Waals surface area contributed by atoms with Crippen LogP contribution in [0.15, 0.2) is 18.2 Å². The van der Waals surface area contributed by atoms with Crippen LogP contribution in [-0.2, 0) is 17.6 Å². The first-order valence-corrected chi connectivity index (χ1v) is 4.15. The Bertz CT molecular complexity index is 331. The number of benzene rings is 1. The molecule has 1 aromatic rings. The van der Waals surface area contributed by atoms with Gasteiger partial charge in [0.15, 0.2) is 0 Å². The number of rotatable bonds is 0. The summed E-state index contributed by atoms with van der Waals surface area (Å²) in [7, 11) is 5.75. The van der Waals surface area contributed by atoms with Crippen molar-refractivity contribution in [1.29, 1.82) is 0 Å². The van der Waals surface area contributed by atoms with E-state index >= 15 is 0 Å². The van der Waals surface area contributed by atoms with Gasteiger partial charge in [-0.3, -0.25) is 4.79 Å². The maximum atomic E-state index is 11.1. The fourth-order valence-corrected chi connectivity index (χ4v) is 1.66. The lowest BCUT2D eigenvalue weighted by Crippen LogP contribution is -2.22. The quantitative estimate of drug-likeness (QED) is 0.501. The van der Waals surface area contributed by atoms with Crippen molar-refractivity contribution >= 4 is 19.1 Å². The van der Waals surface area contributed by atoms with E-state index in [0.717, 1.165) is 17.4 Å². The second-order valence-corrected chi connectivity index (χ2v) is 3.20. The molecule has 0 atom stereocenters. The second kappa shape index (κ2) is 2.78. The van der Waals surface area contributed by atoms with E-state index in [1.807, 2.05) is 12.1 Å². The van der Waals surface area contributed by atoms with Gasteiger partial charge in [0.1, 0.15) is 13.6 Å². The highest BCUT2D eigenvalue weighted by atomic mass is 16.1. The first kappa shape index (κ1) is 7.60. The first-order valence-electron chi connectivity index (χ1n) is 4.15. The average Bonchev–Trinajstić information content (AvgIpc) is 2.07. The van der Waals surface area contributed by atoms with Crippen LogP contribution >= 0.6 is 0 Å². The minimum absolute atomic E-state index is 0.306. The lowest BCUT2D eigenvalue weighted by atomic mass is 9.81. The third-order valence-corrected chi connectivity index (χ3v) is 2.36. The van der Waals surface area contributed by atoms with Crippen molar-refractivity contribution in [3.8, 4) is 0 Å². The molecule has 2 heteroatoms. The van der Waals surface area contributed by atoms with Gasteiger partial charge in [-0.2, -0.15) is 0 Å². The van der Waals surface area contributed by atoms with Gasteiger partial charge in [-0.25, -0.2) is 0 Å². The third-order valence-electron chi connectivity index (χ3n) is 2.36. The maximum absolute atomic E-state index is 11.1. The summed E-state index contributed by atoms with van der Waals surface area (Å²) >= 11 is 0. The summed E-state index contributed by atoms with van der Waals surface area (Å²) in [5, 5.41) is 0. The molecule has 1 nitrogen and oxygen atoms in total. The predicted octanol–water partition coefficient (Wildman–Crippen LogP) is 0.538. The van der Waals surface area contributed by atoms with Crippen molar-refractivity contribution in [3.05, 3.63) is 29.3 Å². The van der Waals surface area contributed by atoms with Crippen LogP contribution in [0.4, 0.5) is 0 Å². The number of hydrogen-bond donors (Lipinski definition) is 0. The van der Waals surface area contributed by atoms with Crippen LogP contribution in [0.5, 0.6) is 0 Å². The number of hydrogen-bond acceptors (Lipinski definition) is 1. The molecule has 0 fully saturated rings. The summed E-state index contributed by atoms with van der Waals surface area (Å²) < 4.78 is 0. The van der Waals surface area contributed by atoms with Gasteiger partial charge in [-0.1, -0.05) is 23.7 Å². The van der Waals surface area contributed by atoms with E-state index in [0.29, 0.717) is 18.6 Å². The topological polar surface area (TPSA) is 17.1 Å². The Kier molecular flexibility index (Phi) is 1.76. The molecule has 0 aromatic heterocycles. The van der Waals surface area contributed by atoms with Crippen molar-refractivity contribution in [3.63, 3.8) is 0 Å². The number of aryl methyl sites for hydroxylation is 1. The molecule has 2 rings (SSSR count). The zero-order valence-corrected chi connectivity index (χ0v) is 6.84. The minimum Gasteiger partial charge on any atom is -0.299 e. The molecule has 58 valence electrons. The number of carbonyl (C=O) groups is 1. The Morgan fingerprint density at radius 2 is 2.08 bits per heavy atom. The molecule has 0 spiro atoms. The number of ketones is 1. The molecule has 2 radical (unpaired) electrons. The van der Waals surface area contributed by atoms with Crippen LogP contribution in [-0.4, -0.2) is 13.6 Å². The van der Waals surface area contributed by atoms with E-state index in [9.17, 15) is 4.79 Å². The zero-order valence-electron chi connectivity index (χ0n) is 6.84. The molecule has 0 bridgehead atoms. The number of carbonyl (C=O) groups excluding carboxylic acids is 1. The van der Waals surface area contributed by atoms with Gasteiger partial charge in [0, 0.05) is 12.8 Å². The molecule has 0 amide bonds. The van der Waals surface area contributed by atoms with Crippen LogP contribution in [0.2, 0.25) is 0 Å². The van der Waals surface area contributed by atoms with E-state index in [-0.39, 0.29) is 0 Å². The van der Waals surface area contributed by atoms with E-state index in [4.69, 9.17) is 7.85 Å². The van der Waals surface area contributed by atoms with Gasteiger partial charge in [0.2, 0.25) is 0 Å². The molecule has 1 aliphatic carbocycles. The SMILES string of the molecule is [B]c1cccc2c1CC(=O)CC2. The van der Waals surface area contributed by atoms with Gasteiger partial charge >= 0.3 is 0 Å². The Morgan fingerprint density at radius 3 is 2.92 bits per heavy atom. The van der Waals surface area contributed by atoms with E-state index < -0.39 is 0 Å². The number of Topliss-reactive ketones (excluding diaryl/α,β-unsaturated/α-hetero) is 1. The summed E-state index contributed by atoms with van der Waals surface area (Å²) in [6.07, 6.45) is 2.07. The minimum atomic E-state index is 0.306. The standard InChI is InChI=1S/C10H9BO/c11-10-3-1-2-7-4-5-8(12)6-9(7)10/h1-3H,4-6H2. The molecular formula is C10H9BO. The Morgan fingerprint density at radius 1 is 1.25 bits per heavy atom. The van der Waals surface area contributed by atoms with E-state index in [1.54, 1.807) is 0 Å². The molecule has 12 heavy (non-hydrogen) atoms. The molecule has 1 aliphatic rings. The molecule has 0 N–H and O–H groups in total. The van der Waals surface area contributed by atoms with Gasteiger partial charge < -0.3 is 0 Å². The lowest BCUT2D eigenvalue weighted by Gasteiger charge is -2.16. The molecular weight excluding hydrogens is 147 g/mol. The van der Waals surface area contributed by atoms with E-state index in [2.05, 4.69) is 6.07 Å². The van der Waals surface area contributed by atoms with Crippen LogP contribution < -0.4 is 5.46 Å². The van der Waals surface area contributed by atoms with Crippen molar-refractivity contribution in [1.82, 2.24) is 0 Å². The van der Waals surface area contributed by atoms with Crippen LogP contribution in [0, 0.1) is 0 Å². The summed E-state index contributed by atoms with van der Waals surface area (Å²) in [6.45, 7) is 0. The summed E-state index contributed by atoms with van der Waals surface area (Å²) in [5.74, 6) is 0.306. The van der Waals surface area contributed by atoms with Crippen molar-refractivity contribution in [2.45, 2.75) is 19.3 Å². The third kappa shape index (κ3) is 1.18. The summed E-state index contributed by atoms with van der Waals surface area (Å²) in [4.78, 5) is 11.1. The normalized spacial score (nSPS) is 15.8. The molecule has 0 aliphatic heterocycles. The highest BCUT2D eigenvalue weighted by molar-refractivity contribution is 6.33. The van der Waals surface area contributed by atoms with Crippen molar-refractivity contribution in [2.24, 2.45) is 0 Å². The first-order chi connectivity index (χ1) is 5.77. The molecule has 0 heterocycles. The van der Waals surface area contributed by atoms with Crippen LogP contribution in [0.3, 0.4) is 0 Å². The molecule has 0 unspecified atom stereocenters.